The van der Waals surface area contributed by atoms with Crippen molar-refractivity contribution >= 4 is 56.6 Å². The lowest BCUT2D eigenvalue weighted by molar-refractivity contribution is -0.113. The second kappa shape index (κ2) is 10.2. The monoisotopic (exact) mass is 467 g/mol. The predicted octanol–water partition coefficient (Wildman–Crippen LogP) is 4.97. The van der Waals surface area contributed by atoms with E-state index in [0.29, 0.717) is 40.7 Å². The van der Waals surface area contributed by atoms with Crippen molar-refractivity contribution in [2.24, 2.45) is 0 Å². The Morgan fingerprint density at radius 2 is 1.94 bits per heavy atom. The minimum Gasteiger partial charge on any atom is -0.385 e. The molecule has 0 fully saturated rings. The summed E-state index contributed by atoms with van der Waals surface area (Å²) in [5.74, 6) is -0.0540. The summed E-state index contributed by atoms with van der Waals surface area (Å²) in [7, 11) is 1.62. The smallest absolute Gasteiger partial charge is 0.262 e. The average Bonchev–Trinajstić information content (AvgIpc) is 2.79. The van der Waals surface area contributed by atoms with Crippen LogP contribution in [0.25, 0.3) is 21.7 Å². The van der Waals surface area contributed by atoms with Gasteiger partial charge in [0.1, 0.15) is 0 Å². The van der Waals surface area contributed by atoms with E-state index in [1.54, 1.807) is 29.9 Å². The predicted molar refractivity (Wildman–Crippen MR) is 131 cm³/mol. The van der Waals surface area contributed by atoms with Crippen molar-refractivity contribution in [2.75, 3.05) is 24.8 Å². The highest BCUT2D eigenvalue weighted by molar-refractivity contribution is 7.99. The number of hydrogen-bond donors (Lipinski definition) is 1. The van der Waals surface area contributed by atoms with Gasteiger partial charge in [-0.2, -0.15) is 0 Å². The summed E-state index contributed by atoms with van der Waals surface area (Å²) >= 11 is 7.32. The third kappa shape index (κ3) is 4.96. The maximum Gasteiger partial charge on any atom is 0.262 e. The first-order chi connectivity index (χ1) is 15.6. The molecule has 0 saturated heterocycles. The molecule has 4 aromatic rings. The van der Waals surface area contributed by atoms with Gasteiger partial charge in [0.05, 0.1) is 16.7 Å². The van der Waals surface area contributed by atoms with Gasteiger partial charge in [-0.05, 0) is 36.1 Å². The number of carbonyl (C=O) groups is 1. The van der Waals surface area contributed by atoms with Crippen molar-refractivity contribution in [3.8, 4) is 0 Å². The fraction of sp³-hybridized carbons (Fsp3) is 0.208. The summed E-state index contributed by atoms with van der Waals surface area (Å²) in [6.07, 6.45) is 0.660. The minimum atomic E-state index is -0.171. The molecule has 4 rings (SSSR count). The number of anilines is 1. The normalized spacial score (nSPS) is 11.2. The van der Waals surface area contributed by atoms with Crippen LogP contribution in [0.4, 0.5) is 5.69 Å². The van der Waals surface area contributed by atoms with Crippen molar-refractivity contribution in [1.82, 2.24) is 9.55 Å². The van der Waals surface area contributed by atoms with Crippen LogP contribution in [0, 0.1) is 0 Å². The van der Waals surface area contributed by atoms with Gasteiger partial charge in [-0.25, -0.2) is 4.98 Å². The molecule has 1 amide bonds. The van der Waals surface area contributed by atoms with E-state index in [0.717, 1.165) is 16.5 Å². The molecule has 0 atom stereocenters. The standard InChI is InChI=1S/C24H22ClN3O3S/c1-31-13-5-12-28-23(30)19-11-10-17(25)14-21(19)27-24(28)32-15-22(29)26-20-9-4-7-16-6-2-3-8-18(16)20/h2-4,6-11,14H,5,12-13,15H2,1H3,(H,26,29). The van der Waals surface area contributed by atoms with Crippen LogP contribution in [-0.2, 0) is 16.1 Å². The molecule has 164 valence electrons. The number of methoxy groups -OCH3 is 1. The molecule has 32 heavy (non-hydrogen) atoms. The van der Waals surface area contributed by atoms with Crippen molar-refractivity contribution < 1.29 is 9.53 Å². The Morgan fingerprint density at radius 1 is 1.12 bits per heavy atom. The zero-order valence-electron chi connectivity index (χ0n) is 17.5. The van der Waals surface area contributed by atoms with Crippen molar-refractivity contribution in [3.63, 3.8) is 0 Å². The van der Waals surface area contributed by atoms with Gasteiger partial charge in [-0.3, -0.25) is 14.2 Å². The molecule has 0 bridgehead atoms. The van der Waals surface area contributed by atoms with Crippen LogP contribution in [0.3, 0.4) is 0 Å². The van der Waals surface area contributed by atoms with Crippen LogP contribution in [0.1, 0.15) is 6.42 Å². The lowest BCUT2D eigenvalue weighted by Gasteiger charge is -2.13. The van der Waals surface area contributed by atoms with E-state index in [1.807, 2.05) is 42.5 Å². The number of rotatable bonds is 8. The first-order valence-electron chi connectivity index (χ1n) is 10.2. The van der Waals surface area contributed by atoms with E-state index < -0.39 is 0 Å². The number of benzene rings is 3. The number of ether oxygens (including phenoxy) is 1. The Balaban J connectivity index is 1.57. The van der Waals surface area contributed by atoms with Crippen molar-refractivity contribution in [3.05, 3.63) is 76.0 Å². The Kier molecular flexibility index (Phi) is 7.09. The van der Waals surface area contributed by atoms with Crippen LogP contribution in [0.5, 0.6) is 0 Å². The Bertz CT molecular complexity index is 1330. The Hall–Kier alpha value is -2.87. The van der Waals surface area contributed by atoms with Gasteiger partial charge in [0.2, 0.25) is 5.91 Å². The third-order valence-corrected chi connectivity index (χ3v) is 6.22. The van der Waals surface area contributed by atoms with Gasteiger partial charge in [0.15, 0.2) is 5.16 Å². The largest absolute Gasteiger partial charge is 0.385 e. The number of carbonyl (C=O) groups excluding carboxylic acids is 1. The number of aromatic nitrogens is 2. The van der Waals surface area contributed by atoms with Gasteiger partial charge in [-0.1, -0.05) is 59.8 Å². The van der Waals surface area contributed by atoms with Gasteiger partial charge in [-0.15, -0.1) is 0 Å². The van der Waals surface area contributed by atoms with E-state index in [9.17, 15) is 9.59 Å². The first-order valence-corrected chi connectivity index (χ1v) is 11.5. The van der Waals surface area contributed by atoms with Gasteiger partial charge >= 0.3 is 0 Å². The molecule has 1 N–H and O–H groups in total. The summed E-state index contributed by atoms with van der Waals surface area (Å²) < 4.78 is 6.72. The molecule has 8 heteroatoms. The summed E-state index contributed by atoms with van der Waals surface area (Å²) in [5, 5.41) is 6.48. The summed E-state index contributed by atoms with van der Waals surface area (Å²) in [5.41, 5.74) is 1.12. The molecule has 1 aromatic heterocycles. The van der Waals surface area contributed by atoms with Crippen LogP contribution >= 0.6 is 23.4 Å². The zero-order valence-corrected chi connectivity index (χ0v) is 19.1. The van der Waals surface area contributed by atoms with Gasteiger partial charge in [0, 0.05) is 36.4 Å². The molecule has 0 aliphatic rings. The highest BCUT2D eigenvalue weighted by atomic mass is 35.5. The number of hydrogen-bond acceptors (Lipinski definition) is 5. The average molecular weight is 468 g/mol. The van der Waals surface area contributed by atoms with Crippen LogP contribution < -0.4 is 10.9 Å². The van der Waals surface area contributed by atoms with Gasteiger partial charge < -0.3 is 10.1 Å². The minimum absolute atomic E-state index is 0.117. The fourth-order valence-electron chi connectivity index (χ4n) is 3.50. The van der Waals surface area contributed by atoms with Crippen LogP contribution in [0.15, 0.2) is 70.6 Å². The topological polar surface area (TPSA) is 73.2 Å². The lowest BCUT2D eigenvalue weighted by atomic mass is 10.1. The quantitative estimate of drug-likeness (QED) is 0.225. The maximum absolute atomic E-state index is 13.1. The number of amides is 1. The Labute approximate surface area is 194 Å². The van der Waals surface area contributed by atoms with E-state index in [1.165, 1.54) is 11.8 Å². The molecule has 0 spiro atoms. The lowest BCUT2D eigenvalue weighted by Crippen LogP contribution is -2.25. The molecule has 6 nitrogen and oxygen atoms in total. The molecule has 0 aliphatic carbocycles. The summed E-state index contributed by atoms with van der Waals surface area (Å²) in [6, 6.07) is 18.7. The second-order valence-electron chi connectivity index (χ2n) is 7.22. The molecular formula is C24H22ClN3O3S. The van der Waals surface area contributed by atoms with E-state index in [-0.39, 0.29) is 17.2 Å². The van der Waals surface area contributed by atoms with Crippen molar-refractivity contribution in [2.45, 2.75) is 18.1 Å². The second-order valence-corrected chi connectivity index (χ2v) is 8.60. The number of fused-ring (bicyclic) bond motifs is 2. The first kappa shape index (κ1) is 22.3. The SMILES string of the molecule is COCCCn1c(SCC(=O)Nc2cccc3ccccc23)nc2cc(Cl)ccc2c1=O. The summed E-state index contributed by atoms with van der Waals surface area (Å²) in [4.78, 5) is 30.4. The number of nitrogens with zero attached hydrogens (tertiary/aromatic N) is 2. The molecule has 0 radical (unpaired) electrons. The van der Waals surface area contributed by atoms with E-state index in [2.05, 4.69) is 10.3 Å². The Morgan fingerprint density at radius 3 is 2.78 bits per heavy atom. The molecule has 0 aliphatic heterocycles. The van der Waals surface area contributed by atoms with Crippen LogP contribution in [0.2, 0.25) is 5.02 Å². The zero-order chi connectivity index (χ0) is 22.5. The van der Waals surface area contributed by atoms with Crippen molar-refractivity contribution in [1.29, 1.82) is 0 Å². The number of nitrogens with one attached hydrogen (secondary N) is 1. The number of thioether (sulfide) groups is 1. The van der Waals surface area contributed by atoms with Gasteiger partial charge in [0.25, 0.3) is 5.56 Å². The molecule has 1 heterocycles. The molecule has 0 saturated carbocycles. The molecule has 3 aromatic carbocycles. The summed E-state index contributed by atoms with van der Waals surface area (Å²) in [6.45, 7) is 0.974. The maximum atomic E-state index is 13.1. The van der Waals surface area contributed by atoms with E-state index in [4.69, 9.17) is 16.3 Å². The van der Waals surface area contributed by atoms with Crippen LogP contribution in [-0.4, -0.2) is 34.9 Å². The highest BCUT2D eigenvalue weighted by Gasteiger charge is 2.14. The molecule has 0 unspecified atom stereocenters. The number of halogens is 1. The highest BCUT2D eigenvalue weighted by Crippen LogP contribution is 2.24. The fourth-order valence-corrected chi connectivity index (χ4v) is 4.49. The third-order valence-electron chi connectivity index (χ3n) is 5.01. The van der Waals surface area contributed by atoms with E-state index >= 15 is 0 Å². The molecular weight excluding hydrogens is 446 g/mol.